The number of ether oxygens (including phenoxy) is 1. The van der Waals surface area contributed by atoms with Crippen LogP contribution in [0.15, 0.2) is 18.2 Å². The van der Waals surface area contributed by atoms with Crippen molar-refractivity contribution in [2.75, 3.05) is 24.6 Å². The molecule has 5 heteroatoms. The van der Waals surface area contributed by atoms with Gasteiger partial charge in [-0.05, 0) is 31.0 Å². The van der Waals surface area contributed by atoms with E-state index >= 15 is 0 Å². The van der Waals surface area contributed by atoms with Crippen LogP contribution in [0.1, 0.15) is 12.5 Å². The first kappa shape index (κ1) is 12.2. The lowest BCUT2D eigenvalue weighted by molar-refractivity contribution is 0.152. The van der Waals surface area contributed by atoms with Gasteiger partial charge in [0.15, 0.2) is 0 Å². The smallest absolute Gasteiger partial charge is 0.407 e. The zero-order valence-electron chi connectivity index (χ0n) is 9.32. The van der Waals surface area contributed by atoms with Gasteiger partial charge >= 0.3 is 6.09 Å². The predicted octanol–water partition coefficient (Wildman–Crippen LogP) is 1.14. The summed E-state index contributed by atoms with van der Waals surface area (Å²) in [5.74, 6) is 0. The van der Waals surface area contributed by atoms with Gasteiger partial charge in [0.1, 0.15) is 0 Å². The Kier molecular flexibility index (Phi) is 4.44. The van der Waals surface area contributed by atoms with E-state index in [9.17, 15) is 4.79 Å². The van der Waals surface area contributed by atoms with Crippen molar-refractivity contribution in [2.45, 2.75) is 13.3 Å². The molecule has 1 aromatic rings. The van der Waals surface area contributed by atoms with Gasteiger partial charge in [-0.2, -0.15) is 0 Å². The fourth-order valence-corrected chi connectivity index (χ4v) is 1.32. The number of anilines is 2. The SMILES string of the molecule is CCOC(=O)NCCc1ccc(N)cc1N. The van der Waals surface area contributed by atoms with Crippen LogP contribution in [0.5, 0.6) is 0 Å². The highest BCUT2D eigenvalue weighted by atomic mass is 16.5. The molecule has 0 atom stereocenters. The summed E-state index contributed by atoms with van der Waals surface area (Å²) in [6, 6.07) is 5.35. The Morgan fingerprint density at radius 1 is 1.44 bits per heavy atom. The van der Waals surface area contributed by atoms with Crippen LogP contribution >= 0.6 is 0 Å². The third kappa shape index (κ3) is 3.68. The minimum atomic E-state index is -0.406. The topological polar surface area (TPSA) is 90.4 Å². The molecule has 0 aliphatic rings. The molecule has 0 unspecified atom stereocenters. The van der Waals surface area contributed by atoms with E-state index in [0.29, 0.717) is 30.9 Å². The van der Waals surface area contributed by atoms with Crippen LogP contribution in [0.2, 0.25) is 0 Å². The number of carbonyl (C=O) groups is 1. The minimum absolute atomic E-state index is 0.371. The van der Waals surface area contributed by atoms with E-state index in [1.54, 1.807) is 19.1 Å². The van der Waals surface area contributed by atoms with Crippen LogP contribution < -0.4 is 16.8 Å². The van der Waals surface area contributed by atoms with Crippen molar-refractivity contribution >= 4 is 17.5 Å². The number of hydrogen-bond donors (Lipinski definition) is 3. The number of nitrogens with one attached hydrogen (secondary N) is 1. The Morgan fingerprint density at radius 3 is 2.81 bits per heavy atom. The van der Waals surface area contributed by atoms with Crippen LogP contribution in [-0.2, 0) is 11.2 Å². The van der Waals surface area contributed by atoms with Gasteiger partial charge in [-0.25, -0.2) is 4.79 Å². The molecule has 0 heterocycles. The number of rotatable bonds is 4. The van der Waals surface area contributed by atoms with Gasteiger partial charge < -0.3 is 21.5 Å². The highest BCUT2D eigenvalue weighted by Crippen LogP contribution is 2.15. The molecule has 88 valence electrons. The summed E-state index contributed by atoms with van der Waals surface area (Å²) in [4.78, 5) is 11.0. The average Bonchev–Trinajstić information content (AvgIpc) is 2.22. The first-order chi connectivity index (χ1) is 7.63. The first-order valence-corrected chi connectivity index (χ1v) is 5.18. The van der Waals surface area contributed by atoms with Crippen LogP contribution in [-0.4, -0.2) is 19.2 Å². The number of alkyl carbamates (subject to hydrolysis) is 1. The van der Waals surface area contributed by atoms with Crippen molar-refractivity contribution in [3.63, 3.8) is 0 Å². The summed E-state index contributed by atoms with van der Waals surface area (Å²) >= 11 is 0. The average molecular weight is 223 g/mol. The summed E-state index contributed by atoms with van der Waals surface area (Å²) in [7, 11) is 0. The molecule has 0 spiro atoms. The van der Waals surface area contributed by atoms with Crippen molar-refractivity contribution < 1.29 is 9.53 Å². The normalized spacial score (nSPS) is 9.81. The lowest BCUT2D eigenvalue weighted by Gasteiger charge is -2.07. The quantitative estimate of drug-likeness (QED) is 0.667. The molecule has 1 aromatic carbocycles. The Labute approximate surface area is 94.8 Å². The molecular weight excluding hydrogens is 206 g/mol. The summed E-state index contributed by atoms with van der Waals surface area (Å²) in [6.07, 6.45) is 0.252. The monoisotopic (exact) mass is 223 g/mol. The molecule has 5 N–H and O–H groups in total. The highest BCUT2D eigenvalue weighted by Gasteiger charge is 2.02. The van der Waals surface area contributed by atoms with Gasteiger partial charge in [0.05, 0.1) is 6.61 Å². The third-order valence-corrected chi connectivity index (χ3v) is 2.11. The molecule has 0 bridgehead atoms. The Morgan fingerprint density at radius 2 is 2.19 bits per heavy atom. The van der Waals surface area contributed by atoms with E-state index in [2.05, 4.69) is 5.32 Å². The van der Waals surface area contributed by atoms with Crippen LogP contribution in [0, 0.1) is 0 Å². The van der Waals surface area contributed by atoms with Gasteiger partial charge in [-0.15, -0.1) is 0 Å². The van der Waals surface area contributed by atoms with Gasteiger partial charge in [-0.3, -0.25) is 0 Å². The summed E-state index contributed by atoms with van der Waals surface area (Å²) in [5, 5.41) is 2.63. The standard InChI is InChI=1S/C11H17N3O2/c1-2-16-11(15)14-6-5-8-3-4-9(12)7-10(8)13/h3-4,7H,2,5-6,12-13H2,1H3,(H,14,15). The summed E-state index contributed by atoms with van der Waals surface area (Å²) in [6.45, 7) is 2.63. The van der Waals surface area contributed by atoms with Crippen molar-refractivity contribution in [3.05, 3.63) is 23.8 Å². The number of benzene rings is 1. The number of carbonyl (C=O) groups excluding carboxylic acids is 1. The lowest BCUT2D eigenvalue weighted by Crippen LogP contribution is -2.26. The maximum atomic E-state index is 11.0. The second-order valence-corrected chi connectivity index (χ2v) is 3.36. The van der Waals surface area contributed by atoms with E-state index < -0.39 is 6.09 Å². The fourth-order valence-electron chi connectivity index (χ4n) is 1.32. The molecule has 0 fully saturated rings. The van der Waals surface area contributed by atoms with E-state index in [4.69, 9.17) is 16.2 Å². The Hall–Kier alpha value is -1.91. The largest absolute Gasteiger partial charge is 0.450 e. The second kappa shape index (κ2) is 5.85. The van der Waals surface area contributed by atoms with Gasteiger partial charge in [0.25, 0.3) is 0 Å². The molecule has 0 saturated heterocycles. The van der Waals surface area contributed by atoms with Crippen LogP contribution in [0.4, 0.5) is 16.2 Å². The number of nitrogens with two attached hydrogens (primary N) is 2. The molecule has 16 heavy (non-hydrogen) atoms. The van der Waals surface area contributed by atoms with E-state index in [-0.39, 0.29) is 0 Å². The van der Waals surface area contributed by atoms with Crippen LogP contribution in [0.3, 0.4) is 0 Å². The van der Waals surface area contributed by atoms with Gasteiger partial charge in [0.2, 0.25) is 0 Å². The zero-order chi connectivity index (χ0) is 12.0. The number of nitrogen functional groups attached to an aromatic ring is 2. The minimum Gasteiger partial charge on any atom is -0.450 e. The number of hydrogen-bond acceptors (Lipinski definition) is 4. The van der Waals surface area contributed by atoms with E-state index in [1.807, 2.05) is 6.07 Å². The maximum absolute atomic E-state index is 11.0. The molecule has 0 saturated carbocycles. The highest BCUT2D eigenvalue weighted by molar-refractivity contribution is 5.67. The zero-order valence-corrected chi connectivity index (χ0v) is 9.32. The van der Waals surface area contributed by atoms with Crippen molar-refractivity contribution in [1.29, 1.82) is 0 Å². The van der Waals surface area contributed by atoms with Gasteiger partial charge in [0, 0.05) is 17.9 Å². The Balaban J connectivity index is 2.40. The molecule has 0 aliphatic carbocycles. The predicted molar refractivity (Wildman–Crippen MR) is 64.0 cm³/mol. The molecule has 0 aromatic heterocycles. The third-order valence-electron chi connectivity index (χ3n) is 2.11. The van der Waals surface area contributed by atoms with Crippen molar-refractivity contribution in [2.24, 2.45) is 0 Å². The molecule has 0 aliphatic heterocycles. The first-order valence-electron chi connectivity index (χ1n) is 5.18. The second-order valence-electron chi connectivity index (χ2n) is 3.36. The van der Waals surface area contributed by atoms with E-state index in [0.717, 1.165) is 5.56 Å². The number of amides is 1. The fraction of sp³-hybridized carbons (Fsp3) is 0.364. The Bertz CT molecular complexity index is 366. The van der Waals surface area contributed by atoms with Gasteiger partial charge in [-0.1, -0.05) is 6.07 Å². The summed E-state index contributed by atoms with van der Waals surface area (Å²) < 4.78 is 4.73. The molecular formula is C11H17N3O2. The molecule has 0 radical (unpaired) electrons. The molecule has 1 rings (SSSR count). The van der Waals surface area contributed by atoms with Crippen molar-refractivity contribution in [3.8, 4) is 0 Å². The van der Waals surface area contributed by atoms with E-state index in [1.165, 1.54) is 0 Å². The molecule has 1 amide bonds. The lowest BCUT2D eigenvalue weighted by atomic mass is 10.1. The summed E-state index contributed by atoms with van der Waals surface area (Å²) in [5.41, 5.74) is 13.6. The van der Waals surface area contributed by atoms with Crippen molar-refractivity contribution in [1.82, 2.24) is 5.32 Å². The molecule has 5 nitrogen and oxygen atoms in total. The van der Waals surface area contributed by atoms with Crippen LogP contribution in [0.25, 0.3) is 0 Å². The maximum Gasteiger partial charge on any atom is 0.407 e.